The van der Waals surface area contributed by atoms with Gasteiger partial charge in [-0.15, -0.1) is 11.8 Å². The van der Waals surface area contributed by atoms with E-state index in [4.69, 9.17) is 9.47 Å². The van der Waals surface area contributed by atoms with Gasteiger partial charge in [-0.3, -0.25) is 9.59 Å². The van der Waals surface area contributed by atoms with E-state index in [1.165, 1.54) is 24.8 Å². The Hall–Kier alpha value is -3.04. The highest BCUT2D eigenvalue weighted by Gasteiger charge is 2.26. The lowest BCUT2D eigenvalue weighted by molar-refractivity contribution is -0.145. The number of hydrogen-bond donors (Lipinski definition) is 1. The fourth-order valence-electron chi connectivity index (χ4n) is 3.21. The molecule has 0 aliphatic carbocycles. The van der Waals surface area contributed by atoms with E-state index in [0.29, 0.717) is 29.4 Å². The van der Waals surface area contributed by atoms with Crippen LogP contribution in [0.25, 0.3) is 0 Å². The third kappa shape index (κ3) is 7.50. The van der Waals surface area contributed by atoms with E-state index in [9.17, 15) is 19.5 Å². The summed E-state index contributed by atoms with van der Waals surface area (Å²) in [7, 11) is 5.40. The van der Waals surface area contributed by atoms with Gasteiger partial charge in [-0.2, -0.15) is 0 Å². The maximum absolute atomic E-state index is 11.9. The lowest BCUT2D eigenvalue weighted by Crippen LogP contribution is -2.31. The fourth-order valence-corrected chi connectivity index (χ4v) is 4.52. The van der Waals surface area contributed by atoms with Crippen molar-refractivity contribution in [3.8, 4) is 5.75 Å². The topological polar surface area (TPSA) is 96.4 Å². The van der Waals surface area contributed by atoms with Crippen molar-refractivity contribution >= 4 is 35.8 Å². The van der Waals surface area contributed by atoms with Gasteiger partial charge >= 0.3 is 11.9 Å². The van der Waals surface area contributed by atoms with E-state index in [2.05, 4.69) is 0 Å². The first-order valence-electron chi connectivity index (χ1n) is 10.4. The van der Waals surface area contributed by atoms with Gasteiger partial charge < -0.3 is 24.4 Å². The van der Waals surface area contributed by atoms with Crippen molar-refractivity contribution in [2.45, 2.75) is 30.1 Å². The first-order chi connectivity index (χ1) is 15.7. The Bertz CT molecular complexity index is 964. The number of anilines is 1. The molecule has 0 spiro atoms. The summed E-state index contributed by atoms with van der Waals surface area (Å²) < 4.78 is 10.7. The lowest BCUT2D eigenvalue weighted by atomic mass is 10.1. The molecule has 0 saturated heterocycles. The minimum absolute atomic E-state index is 0.105. The molecule has 2 aromatic carbocycles. The fraction of sp³-hybridized carbons (Fsp3) is 0.375. The zero-order chi connectivity index (χ0) is 24.5. The molecule has 0 radical (unpaired) electrons. The number of carbonyl (C=O) groups excluding carboxylic acids is 2. The van der Waals surface area contributed by atoms with Gasteiger partial charge in [-0.25, -0.2) is 4.79 Å². The van der Waals surface area contributed by atoms with Gasteiger partial charge in [0.2, 0.25) is 6.41 Å². The summed E-state index contributed by atoms with van der Waals surface area (Å²) in [5.41, 5.74) is 1.57. The maximum Gasteiger partial charge on any atom is 0.335 e. The number of ether oxygens (including phenoxy) is 2. The van der Waals surface area contributed by atoms with E-state index >= 15 is 0 Å². The van der Waals surface area contributed by atoms with E-state index in [1.54, 1.807) is 31.1 Å². The molecular formula is C24H30N2O6S. The van der Waals surface area contributed by atoms with Gasteiger partial charge in [0.15, 0.2) is 0 Å². The molecule has 2 aromatic rings. The number of aromatic carboxylic acids is 1. The van der Waals surface area contributed by atoms with Gasteiger partial charge in [-0.1, -0.05) is 12.1 Å². The Labute approximate surface area is 198 Å². The molecule has 1 N–H and O–H groups in total. The second-order valence-electron chi connectivity index (χ2n) is 7.72. The number of carboxylic acids is 1. The quantitative estimate of drug-likeness (QED) is 0.283. The Morgan fingerprint density at radius 3 is 2.30 bits per heavy atom. The number of esters is 1. The summed E-state index contributed by atoms with van der Waals surface area (Å²) in [6.45, 7) is 4.20. The van der Waals surface area contributed by atoms with Crippen LogP contribution >= 0.6 is 11.8 Å². The Morgan fingerprint density at radius 2 is 1.79 bits per heavy atom. The predicted octanol–water partition coefficient (Wildman–Crippen LogP) is 3.70. The first-order valence-corrected chi connectivity index (χ1v) is 11.3. The highest BCUT2D eigenvalue weighted by molar-refractivity contribution is 7.99. The second-order valence-corrected chi connectivity index (χ2v) is 8.90. The molecule has 0 unspecified atom stereocenters. The molecule has 0 aliphatic rings. The monoisotopic (exact) mass is 474 g/mol. The summed E-state index contributed by atoms with van der Waals surface area (Å²) in [4.78, 5) is 39.3. The SMILES string of the molecule is COc1ccc([C@H](Sc2cc(C(=O)O)ccc2N(C=O)CCN(C)C)[C@H](C)OC(C)=O)cc1. The molecule has 0 aromatic heterocycles. The van der Waals surface area contributed by atoms with Crippen molar-refractivity contribution < 1.29 is 29.0 Å². The van der Waals surface area contributed by atoms with Gasteiger partial charge in [-0.05, 0) is 56.9 Å². The molecule has 33 heavy (non-hydrogen) atoms. The molecule has 0 heterocycles. The summed E-state index contributed by atoms with van der Waals surface area (Å²) in [6, 6.07) is 12.0. The Kier molecular flexibility index (Phi) is 9.74. The van der Waals surface area contributed by atoms with Gasteiger partial charge in [0, 0.05) is 24.9 Å². The molecule has 9 heteroatoms. The number of methoxy groups -OCH3 is 1. The normalized spacial score (nSPS) is 12.7. The molecule has 1 amide bonds. The van der Waals surface area contributed by atoms with Crippen molar-refractivity contribution in [3.63, 3.8) is 0 Å². The smallest absolute Gasteiger partial charge is 0.335 e. The summed E-state index contributed by atoms with van der Waals surface area (Å²) in [5, 5.41) is 9.17. The molecule has 0 aliphatic heterocycles. The first kappa shape index (κ1) is 26.2. The number of amides is 1. The van der Waals surface area contributed by atoms with Crippen LogP contribution in [0.15, 0.2) is 47.4 Å². The third-order valence-corrected chi connectivity index (χ3v) is 6.40. The summed E-state index contributed by atoms with van der Waals surface area (Å²) in [5.74, 6) is -0.794. The number of nitrogens with zero attached hydrogens (tertiary/aromatic N) is 2. The highest BCUT2D eigenvalue weighted by atomic mass is 32.2. The molecule has 2 atom stereocenters. The zero-order valence-corrected chi connectivity index (χ0v) is 20.3. The average molecular weight is 475 g/mol. The number of carbonyl (C=O) groups is 3. The van der Waals surface area contributed by atoms with Crippen molar-refractivity contribution in [1.29, 1.82) is 0 Å². The van der Waals surface area contributed by atoms with Crippen molar-refractivity contribution in [1.82, 2.24) is 4.90 Å². The van der Waals surface area contributed by atoms with Crippen LogP contribution in [0, 0.1) is 0 Å². The number of carboxylic acid groups (broad SMARTS) is 1. The number of thioether (sulfide) groups is 1. The summed E-state index contributed by atoms with van der Waals surface area (Å²) >= 11 is 1.35. The number of rotatable bonds is 12. The molecule has 8 nitrogen and oxygen atoms in total. The van der Waals surface area contributed by atoms with Crippen molar-refractivity contribution in [2.75, 3.05) is 39.2 Å². The Balaban J connectivity index is 2.52. The van der Waals surface area contributed by atoms with Crippen molar-refractivity contribution in [3.05, 3.63) is 53.6 Å². The zero-order valence-electron chi connectivity index (χ0n) is 19.5. The van der Waals surface area contributed by atoms with Gasteiger partial charge in [0.05, 0.1) is 23.6 Å². The van der Waals surface area contributed by atoms with Crippen LogP contribution in [-0.2, 0) is 14.3 Å². The molecule has 0 saturated carbocycles. The Morgan fingerprint density at radius 1 is 1.12 bits per heavy atom. The van der Waals surface area contributed by atoms with Crippen LogP contribution in [-0.4, -0.2) is 68.8 Å². The summed E-state index contributed by atoms with van der Waals surface area (Å²) in [6.07, 6.45) is 0.218. The van der Waals surface area contributed by atoms with Crippen LogP contribution in [0.2, 0.25) is 0 Å². The largest absolute Gasteiger partial charge is 0.497 e. The molecule has 2 rings (SSSR count). The number of hydrogen-bond acceptors (Lipinski definition) is 7. The lowest BCUT2D eigenvalue weighted by Gasteiger charge is -2.27. The van der Waals surface area contributed by atoms with Crippen LogP contribution < -0.4 is 9.64 Å². The van der Waals surface area contributed by atoms with E-state index in [1.807, 2.05) is 43.3 Å². The van der Waals surface area contributed by atoms with E-state index < -0.39 is 18.0 Å². The van der Waals surface area contributed by atoms with Crippen LogP contribution in [0.3, 0.4) is 0 Å². The maximum atomic E-state index is 11.9. The van der Waals surface area contributed by atoms with Gasteiger partial charge in [0.25, 0.3) is 0 Å². The third-order valence-electron chi connectivity index (χ3n) is 4.91. The van der Waals surface area contributed by atoms with Crippen molar-refractivity contribution in [2.24, 2.45) is 0 Å². The van der Waals surface area contributed by atoms with Crippen LogP contribution in [0.4, 0.5) is 5.69 Å². The standard InChI is InChI=1S/C24H30N2O6S/c1-16(32-17(2)28)23(18-6-9-20(31-5)10-7-18)33-22-14-19(24(29)30)8-11-21(22)26(15-27)13-12-25(3)4/h6-11,14-16,23H,12-13H2,1-5H3,(H,29,30)/t16-,23+/m0/s1. The molecule has 178 valence electrons. The van der Waals surface area contributed by atoms with E-state index in [0.717, 1.165) is 12.0 Å². The molecule has 0 fully saturated rings. The molecule has 0 bridgehead atoms. The van der Waals surface area contributed by atoms with Gasteiger partial charge in [0.1, 0.15) is 11.9 Å². The highest BCUT2D eigenvalue weighted by Crippen LogP contribution is 2.43. The second kappa shape index (κ2) is 12.3. The van der Waals surface area contributed by atoms with Crippen LogP contribution in [0.1, 0.15) is 35.0 Å². The molecular weight excluding hydrogens is 444 g/mol. The number of benzene rings is 2. The minimum atomic E-state index is -1.07. The minimum Gasteiger partial charge on any atom is -0.497 e. The van der Waals surface area contributed by atoms with E-state index in [-0.39, 0.29) is 10.8 Å². The average Bonchev–Trinajstić information content (AvgIpc) is 2.77. The predicted molar refractivity (Wildman–Crippen MR) is 128 cm³/mol. The van der Waals surface area contributed by atoms with Crippen LogP contribution in [0.5, 0.6) is 5.75 Å². The number of likely N-dealkylation sites (N-methyl/N-ethyl adjacent to an activating group) is 1.